The molecule has 0 aliphatic rings. The molecule has 0 saturated carbocycles. The zero-order valence-electron chi connectivity index (χ0n) is 10.5. The minimum Gasteiger partial charge on any atom is -0.444 e. The van der Waals surface area contributed by atoms with Gasteiger partial charge in [-0.2, -0.15) is 0 Å². The van der Waals surface area contributed by atoms with Crippen molar-refractivity contribution in [2.45, 2.75) is 39.7 Å². The van der Waals surface area contributed by atoms with Crippen LogP contribution in [-0.2, 0) is 11.2 Å². The molecule has 1 heterocycles. The highest BCUT2D eigenvalue weighted by molar-refractivity contribution is 9.10. The van der Waals surface area contributed by atoms with Crippen molar-refractivity contribution in [3.63, 3.8) is 0 Å². The molecule has 0 aromatic carbocycles. The van der Waals surface area contributed by atoms with Crippen molar-refractivity contribution < 1.29 is 9.53 Å². The molecule has 0 unspecified atom stereocenters. The number of aryl methyl sites for hydroxylation is 1. The van der Waals surface area contributed by atoms with Gasteiger partial charge >= 0.3 is 6.09 Å². The van der Waals surface area contributed by atoms with Crippen LogP contribution in [0.5, 0.6) is 0 Å². The molecule has 1 N–H and O–H groups in total. The molecule has 1 rings (SSSR count). The molecule has 0 aliphatic carbocycles. The van der Waals surface area contributed by atoms with E-state index in [1.807, 2.05) is 33.8 Å². The van der Waals surface area contributed by atoms with Crippen molar-refractivity contribution in [2.24, 2.45) is 0 Å². The lowest BCUT2D eigenvalue weighted by Gasteiger charge is -2.20. The van der Waals surface area contributed by atoms with Crippen LogP contribution >= 0.6 is 15.9 Å². The smallest absolute Gasteiger partial charge is 0.413 e. The van der Waals surface area contributed by atoms with E-state index in [1.165, 1.54) is 0 Å². The minimum atomic E-state index is -0.508. The first kappa shape index (κ1) is 14.0. The number of hydrogen-bond donors (Lipinski definition) is 1. The molecule has 0 saturated heterocycles. The SMILES string of the molecule is CCc1cc(Br)cnc1NC(=O)OC(C)(C)C. The molecule has 1 amide bonds. The summed E-state index contributed by atoms with van der Waals surface area (Å²) in [4.78, 5) is 15.8. The summed E-state index contributed by atoms with van der Waals surface area (Å²) < 4.78 is 6.06. The van der Waals surface area contributed by atoms with Crippen LogP contribution in [0.25, 0.3) is 0 Å². The van der Waals surface area contributed by atoms with E-state index in [2.05, 4.69) is 26.2 Å². The number of amides is 1. The van der Waals surface area contributed by atoms with Gasteiger partial charge in [0.05, 0.1) is 0 Å². The van der Waals surface area contributed by atoms with Crippen LogP contribution in [0.2, 0.25) is 0 Å². The van der Waals surface area contributed by atoms with E-state index in [4.69, 9.17) is 4.74 Å². The molecule has 4 nitrogen and oxygen atoms in total. The topological polar surface area (TPSA) is 51.2 Å². The summed E-state index contributed by atoms with van der Waals surface area (Å²) >= 11 is 3.35. The van der Waals surface area contributed by atoms with Crippen LogP contribution in [0.4, 0.5) is 10.6 Å². The van der Waals surface area contributed by atoms with Crippen molar-refractivity contribution >= 4 is 27.8 Å². The second-order valence-corrected chi connectivity index (χ2v) is 5.56. The molecule has 5 heteroatoms. The Morgan fingerprint density at radius 2 is 2.18 bits per heavy atom. The van der Waals surface area contributed by atoms with Gasteiger partial charge in [0.25, 0.3) is 0 Å². The van der Waals surface area contributed by atoms with E-state index in [0.29, 0.717) is 5.82 Å². The van der Waals surface area contributed by atoms with Crippen LogP contribution in [0.1, 0.15) is 33.3 Å². The summed E-state index contributed by atoms with van der Waals surface area (Å²) in [5.74, 6) is 0.546. The van der Waals surface area contributed by atoms with Crippen molar-refractivity contribution in [3.05, 3.63) is 22.3 Å². The van der Waals surface area contributed by atoms with E-state index in [1.54, 1.807) is 6.20 Å². The van der Waals surface area contributed by atoms with E-state index >= 15 is 0 Å². The number of rotatable bonds is 2. The first-order valence-corrected chi connectivity index (χ1v) is 6.25. The summed E-state index contributed by atoms with van der Waals surface area (Å²) in [6.07, 6.45) is 1.95. The van der Waals surface area contributed by atoms with E-state index in [9.17, 15) is 4.79 Å². The van der Waals surface area contributed by atoms with Crippen LogP contribution in [-0.4, -0.2) is 16.7 Å². The fraction of sp³-hybridized carbons (Fsp3) is 0.500. The number of nitrogens with zero attached hydrogens (tertiary/aromatic N) is 1. The van der Waals surface area contributed by atoms with Gasteiger partial charge < -0.3 is 4.74 Å². The van der Waals surface area contributed by atoms with Gasteiger partial charge in [-0.05, 0) is 54.8 Å². The second-order valence-electron chi connectivity index (χ2n) is 4.64. The molecule has 1 aromatic rings. The highest BCUT2D eigenvalue weighted by Gasteiger charge is 2.17. The third-order valence-corrected chi connectivity index (χ3v) is 2.37. The normalized spacial score (nSPS) is 11.1. The molecular formula is C12H17BrN2O2. The molecular weight excluding hydrogens is 284 g/mol. The molecule has 0 fully saturated rings. The number of nitrogens with one attached hydrogen (secondary N) is 1. The Labute approximate surface area is 110 Å². The van der Waals surface area contributed by atoms with Crippen LogP contribution < -0.4 is 5.32 Å². The fourth-order valence-electron chi connectivity index (χ4n) is 1.26. The summed E-state index contributed by atoms with van der Waals surface area (Å²) in [5, 5.41) is 2.65. The number of aromatic nitrogens is 1. The number of halogens is 1. The average Bonchev–Trinajstić information content (AvgIpc) is 2.17. The van der Waals surface area contributed by atoms with E-state index in [-0.39, 0.29) is 0 Å². The maximum Gasteiger partial charge on any atom is 0.413 e. The molecule has 0 spiro atoms. The zero-order valence-corrected chi connectivity index (χ0v) is 12.1. The molecule has 0 atom stereocenters. The first-order chi connectivity index (χ1) is 7.81. The third-order valence-electron chi connectivity index (χ3n) is 1.93. The third kappa shape index (κ3) is 4.73. The molecule has 94 valence electrons. The lowest BCUT2D eigenvalue weighted by molar-refractivity contribution is 0.0635. The standard InChI is InChI=1S/C12H17BrN2O2/c1-5-8-6-9(13)7-14-10(8)15-11(16)17-12(2,3)4/h6-7H,5H2,1-4H3,(H,14,15,16). The Kier molecular flexibility index (Phi) is 4.51. The van der Waals surface area contributed by atoms with Gasteiger partial charge in [-0.25, -0.2) is 9.78 Å². The van der Waals surface area contributed by atoms with Crippen molar-refractivity contribution in [1.82, 2.24) is 4.98 Å². The van der Waals surface area contributed by atoms with Crippen LogP contribution in [0.15, 0.2) is 16.7 Å². The van der Waals surface area contributed by atoms with Crippen LogP contribution in [0.3, 0.4) is 0 Å². The monoisotopic (exact) mass is 300 g/mol. The lowest BCUT2D eigenvalue weighted by Crippen LogP contribution is -2.27. The predicted octanol–water partition coefficient (Wildman–Crippen LogP) is 3.75. The Hall–Kier alpha value is -1.10. The van der Waals surface area contributed by atoms with Crippen molar-refractivity contribution in [2.75, 3.05) is 5.32 Å². The van der Waals surface area contributed by atoms with E-state index in [0.717, 1.165) is 16.5 Å². The summed E-state index contributed by atoms with van der Waals surface area (Å²) in [7, 11) is 0. The van der Waals surface area contributed by atoms with Gasteiger partial charge in [-0.3, -0.25) is 5.32 Å². The number of anilines is 1. The quantitative estimate of drug-likeness (QED) is 0.905. The molecule has 17 heavy (non-hydrogen) atoms. The molecule has 0 radical (unpaired) electrons. The number of pyridine rings is 1. The minimum absolute atomic E-state index is 0.484. The summed E-state index contributed by atoms with van der Waals surface area (Å²) in [6.45, 7) is 7.47. The van der Waals surface area contributed by atoms with Gasteiger partial charge in [0.1, 0.15) is 11.4 Å². The second kappa shape index (κ2) is 5.49. The largest absolute Gasteiger partial charge is 0.444 e. The van der Waals surface area contributed by atoms with Crippen LogP contribution in [0, 0.1) is 0 Å². The molecule has 0 aliphatic heterocycles. The fourth-order valence-corrected chi connectivity index (χ4v) is 1.64. The lowest BCUT2D eigenvalue weighted by atomic mass is 10.2. The Morgan fingerprint density at radius 3 is 2.71 bits per heavy atom. The average molecular weight is 301 g/mol. The van der Waals surface area contributed by atoms with Crippen molar-refractivity contribution in [3.8, 4) is 0 Å². The first-order valence-electron chi connectivity index (χ1n) is 5.46. The summed E-state index contributed by atoms with van der Waals surface area (Å²) in [6, 6.07) is 1.93. The van der Waals surface area contributed by atoms with Gasteiger partial charge in [0, 0.05) is 10.7 Å². The maximum absolute atomic E-state index is 11.6. The number of carbonyl (C=O) groups excluding carboxylic acids is 1. The molecule has 1 aromatic heterocycles. The Bertz CT molecular complexity index is 413. The highest BCUT2D eigenvalue weighted by Crippen LogP contribution is 2.19. The number of ether oxygens (including phenoxy) is 1. The zero-order chi connectivity index (χ0) is 13.1. The predicted molar refractivity (Wildman–Crippen MR) is 71.2 cm³/mol. The highest BCUT2D eigenvalue weighted by atomic mass is 79.9. The Morgan fingerprint density at radius 1 is 1.53 bits per heavy atom. The molecule has 0 bridgehead atoms. The van der Waals surface area contributed by atoms with Gasteiger partial charge in [-0.1, -0.05) is 6.92 Å². The van der Waals surface area contributed by atoms with Gasteiger partial charge in [-0.15, -0.1) is 0 Å². The maximum atomic E-state index is 11.6. The Balaban J connectivity index is 2.78. The van der Waals surface area contributed by atoms with Gasteiger partial charge in [0.2, 0.25) is 0 Å². The number of hydrogen-bond acceptors (Lipinski definition) is 3. The van der Waals surface area contributed by atoms with Gasteiger partial charge in [0.15, 0.2) is 0 Å². The number of carbonyl (C=O) groups is 1. The van der Waals surface area contributed by atoms with Crippen molar-refractivity contribution in [1.29, 1.82) is 0 Å². The summed E-state index contributed by atoms with van der Waals surface area (Å²) in [5.41, 5.74) is 0.455. The van der Waals surface area contributed by atoms with E-state index < -0.39 is 11.7 Å².